The van der Waals surface area contributed by atoms with Crippen molar-refractivity contribution >= 4 is 11.5 Å². The fourth-order valence-corrected chi connectivity index (χ4v) is 1.96. The Morgan fingerprint density at radius 2 is 2.14 bits per heavy atom. The van der Waals surface area contributed by atoms with Crippen LogP contribution in [0, 0.1) is 5.82 Å². The third-order valence-electron chi connectivity index (χ3n) is 2.98. The van der Waals surface area contributed by atoms with Crippen molar-refractivity contribution in [3.8, 4) is 11.3 Å². The van der Waals surface area contributed by atoms with E-state index in [1.807, 2.05) is 0 Å². The molecule has 0 bridgehead atoms. The van der Waals surface area contributed by atoms with E-state index in [0.29, 0.717) is 0 Å². The number of aromatic amines is 1. The first-order valence-electron chi connectivity index (χ1n) is 6.30. The fraction of sp³-hybridized carbons (Fsp3) is 0. The maximum Gasteiger partial charge on any atom is 0.226 e. The minimum atomic E-state index is -0.560. The lowest BCUT2D eigenvalue weighted by Crippen LogP contribution is -1.99. The molecule has 0 aliphatic rings. The quantitative estimate of drug-likeness (QED) is 0.439. The number of allylic oxidation sites excluding steroid dienone is 1. The van der Waals surface area contributed by atoms with Crippen LogP contribution < -0.4 is 0 Å². The van der Waals surface area contributed by atoms with Gasteiger partial charge in [-0.05, 0) is 18.2 Å². The molecular formula is C15H10FN3O3. The van der Waals surface area contributed by atoms with Crippen LogP contribution in [-0.4, -0.2) is 26.1 Å². The highest BCUT2D eigenvalue weighted by molar-refractivity contribution is 6.05. The number of hydrogen-bond donors (Lipinski definition) is 2. The Hall–Kier alpha value is -3.22. The average molecular weight is 299 g/mol. The Morgan fingerprint density at radius 3 is 2.86 bits per heavy atom. The van der Waals surface area contributed by atoms with Gasteiger partial charge in [0.1, 0.15) is 23.7 Å². The number of aromatic nitrogens is 3. The molecule has 0 amide bonds. The molecule has 3 aromatic rings. The molecule has 0 saturated heterocycles. The molecule has 0 saturated carbocycles. The van der Waals surface area contributed by atoms with Gasteiger partial charge < -0.3 is 9.52 Å². The third kappa shape index (κ3) is 2.51. The maximum absolute atomic E-state index is 13.8. The number of H-pyrrole nitrogens is 1. The van der Waals surface area contributed by atoms with E-state index in [0.717, 1.165) is 6.08 Å². The van der Waals surface area contributed by atoms with Crippen LogP contribution >= 0.6 is 0 Å². The Kier molecular flexibility index (Phi) is 3.53. The lowest BCUT2D eigenvalue weighted by Gasteiger charge is -2.03. The Morgan fingerprint density at radius 1 is 1.32 bits per heavy atom. The van der Waals surface area contributed by atoms with Gasteiger partial charge >= 0.3 is 0 Å². The van der Waals surface area contributed by atoms with Crippen LogP contribution in [0.2, 0.25) is 0 Å². The highest BCUT2D eigenvalue weighted by Crippen LogP contribution is 2.30. The molecule has 1 aromatic carbocycles. The van der Waals surface area contributed by atoms with Crippen LogP contribution in [0.5, 0.6) is 0 Å². The van der Waals surface area contributed by atoms with Crippen molar-refractivity contribution in [1.29, 1.82) is 0 Å². The second kappa shape index (κ2) is 5.65. The van der Waals surface area contributed by atoms with Crippen LogP contribution in [0.1, 0.15) is 16.2 Å². The molecule has 6 nitrogen and oxygen atoms in total. The van der Waals surface area contributed by atoms with Gasteiger partial charge in [-0.15, -0.1) is 0 Å². The Labute approximate surface area is 123 Å². The summed E-state index contributed by atoms with van der Waals surface area (Å²) in [5.41, 5.74) is 0.396. The summed E-state index contributed by atoms with van der Waals surface area (Å²) in [6.07, 6.45) is 3.45. The van der Waals surface area contributed by atoms with Gasteiger partial charge in [0.2, 0.25) is 5.78 Å². The molecule has 0 spiro atoms. The maximum atomic E-state index is 13.8. The van der Waals surface area contributed by atoms with Gasteiger partial charge in [-0.2, -0.15) is 5.10 Å². The first-order valence-corrected chi connectivity index (χ1v) is 6.30. The standard InChI is InChI=1S/C15H10FN3O3/c16-11-4-2-1-3-9(11)14-10(5-6-22-14)12(20)7-13(21)15-17-8-18-19-15/h1-8,20H,(H,17,18,19). The fourth-order valence-electron chi connectivity index (χ4n) is 1.96. The molecule has 2 N–H and O–H groups in total. The molecular weight excluding hydrogens is 289 g/mol. The Bertz CT molecular complexity index is 837. The lowest BCUT2D eigenvalue weighted by molar-refractivity contribution is 0.103. The van der Waals surface area contributed by atoms with Crippen molar-refractivity contribution in [3.63, 3.8) is 0 Å². The van der Waals surface area contributed by atoms with E-state index < -0.39 is 11.6 Å². The smallest absolute Gasteiger partial charge is 0.226 e. The molecule has 0 unspecified atom stereocenters. The number of furan rings is 1. The molecule has 22 heavy (non-hydrogen) atoms. The first kappa shape index (κ1) is 13.7. The second-order valence-electron chi connectivity index (χ2n) is 4.37. The van der Waals surface area contributed by atoms with Gasteiger partial charge in [0, 0.05) is 6.08 Å². The molecule has 0 radical (unpaired) electrons. The summed E-state index contributed by atoms with van der Waals surface area (Å²) in [7, 11) is 0. The summed E-state index contributed by atoms with van der Waals surface area (Å²) < 4.78 is 19.1. The van der Waals surface area contributed by atoms with Gasteiger partial charge in [-0.1, -0.05) is 12.1 Å². The van der Waals surface area contributed by atoms with Gasteiger partial charge in [0.05, 0.1) is 17.4 Å². The van der Waals surface area contributed by atoms with E-state index in [4.69, 9.17) is 4.42 Å². The summed E-state index contributed by atoms with van der Waals surface area (Å²) in [6.45, 7) is 0. The minimum absolute atomic E-state index is 0.0116. The molecule has 110 valence electrons. The zero-order valence-electron chi connectivity index (χ0n) is 11.2. The van der Waals surface area contributed by atoms with Crippen molar-refractivity contribution in [1.82, 2.24) is 15.2 Å². The zero-order chi connectivity index (χ0) is 15.5. The molecule has 3 rings (SSSR count). The Balaban J connectivity index is 1.98. The van der Waals surface area contributed by atoms with Crippen molar-refractivity contribution in [2.45, 2.75) is 0 Å². The number of rotatable bonds is 4. The van der Waals surface area contributed by atoms with Crippen LogP contribution in [0.4, 0.5) is 4.39 Å². The predicted octanol–water partition coefficient (Wildman–Crippen LogP) is 2.99. The SMILES string of the molecule is O=C(C=C(O)c1ccoc1-c1ccccc1F)c1ncn[nH]1. The number of hydrogen-bond acceptors (Lipinski definition) is 5. The number of benzene rings is 1. The van der Waals surface area contributed by atoms with E-state index in [9.17, 15) is 14.3 Å². The largest absolute Gasteiger partial charge is 0.507 e. The molecule has 7 heteroatoms. The average Bonchev–Trinajstić information content (AvgIpc) is 3.19. The van der Waals surface area contributed by atoms with Crippen molar-refractivity contribution in [3.05, 3.63) is 66.2 Å². The zero-order valence-corrected chi connectivity index (χ0v) is 11.2. The number of aliphatic hydroxyl groups is 1. The number of carbonyl (C=O) groups excluding carboxylic acids is 1. The van der Waals surface area contributed by atoms with Gasteiger partial charge in [-0.25, -0.2) is 9.37 Å². The van der Waals surface area contributed by atoms with Crippen molar-refractivity contribution < 1.29 is 18.7 Å². The van der Waals surface area contributed by atoms with Gasteiger partial charge in [0.15, 0.2) is 5.82 Å². The topological polar surface area (TPSA) is 92.0 Å². The van der Waals surface area contributed by atoms with E-state index in [-0.39, 0.29) is 28.5 Å². The number of aliphatic hydroxyl groups excluding tert-OH is 1. The normalized spacial score (nSPS) is 11.6. The number of nitrogens with zero attached hydrogens (tertiary/aromatic N) is 2. The third-order valence-corrected chi connectivity index (χ3v) is 2.98. The van der Waals surface area contributed by atoms with E-state index in [2.05, 4.69) is 15.2 Å². The number of ketones is 1. The van der Waals surface area contributed by atoms with E-state index >= 15 is 0 Å². The summed E-state index contributed by atoms with van der Waals surface area (Å²) in [4.78, 5) is 15.5. The monoisotopic (exact) mass is 299 g/mol. The second-order valence-corrected chi connectivity index (χ2v) is 4.37. The summed E-state index contributed by atoms with van der Waals surface area (Å²) >= 11 is 0. The van der Waals surface area contributed by atoms with Crippen LogP contribution in [0.3, 0.4) is 0 Å². The van der Waals surface area contributed by atoms with Crippen molar-refractivity contribution in [2.24, 2.45) is 0 Å². The van der Waals surface area contributed by atoms with Gasteiger partial charge in [-0.3, -0.25) is 9.89 Å². The molecule has 0 fully saturated rings. The summed E-state index contributed by atoms with van der Waals surface area (Å²) in [5.74, 6) is -1.28. The number of carbonyl (C=O) groups is 1. The lowest BCUT2D eigenvalue weighted by atomic mass is 10.1. The molecule has 0 aliphatic heterocycles. The number of halogens is 1. The molecule has 0 aliphatic carbocycles. The predicted molar refractivity (Wildman–Crippen MR) is 75.4 cm³/mol. The van der Waals surface area contributed by atoms with Gasteiger partial charge in [0.25, 0.3) is 0 Å². The minimum Gasteiger partial charge on any atom is -0.507 e. The molecule has 2 aromatic heterocycles. The van der Waals surface area contributed by atoms with Crippen LogP contribution in [-0.2, 0) is 0 Å². The molecule has 0 atom stereocenters. The summed E-state index contributed by atoms with van der Waals surface area (Å²) in [5, 5.41) is 16.1. The van der Waals surface area contributed by atoms with E-state index in [1.165, 1.54) is 30.8 Å². The number of nitrogens with one attached hydrogen (secondary N) is 1. The van der Waals surface area contributed by atoms with E-state index in [1.54, 1.807) is 12.1 Å². The van der Waals surface area contributed by atoms with Crippen molar-refractivity contribution in [2.75, 3.05) is 0 Å². The first-order chi connectivity index (χ1) is 10.7. The van der Waals surface area contributed by atoms with Crippen LogP contribution in [0.15, 0.2) is 53.4 Å². The highest BCUT2D eigenvalue weighted by Gasteiger charge is 2.17. The highest BCUT2D eigenvalue weighted by atomic mass is 19.1. The van der Waals surface area contributed by atoms with Crippen LogP contribution in [0.25, 0.3) is 17.1 Å². The summed E-state index contributed by atoms with van der Waals surface area (Å²) in [6, 6.07) is 7.43. The molecule has 2 heterocycles.